The lowest BCUT2D eigenvalue weighted by Gasteiger charge is -2.25. The fourth-order valence-corrected chi connectivity index (χ4v) is 7.59. The summed E-state index contributed by atoms with van der Waals surface area (Å²) >= 11 is 2.78. The highest BCUT2D eigenvalue weighted by molar-refractivity contribution is 7.98. The average molecular weight is 744 g/mol. The summed E-state index contributed by atoms with van der Waals surface area (Å²) in [7, 11) is 0. The van der Waals surface area contributed by atoms with Crippen molar-refractivity contribution in [2.75, 3.05) is 12.9 Å². The van der Waals surface area contributed by atoms with E-state index in [-0.39, 0.29) is 35.8 Å². The van der Waals surface area contributed by atoms with E-state index in [0.717, 1.165) is 21.7 Å². The van der Waals surface area contributed by atoms with Gasteiger partial charge in [0.15, 0.2) is 10.6 Å². The summed E-state index contributed by atoms with van der Waals surface area (Å²) in [5, 5.41) is 16.9. The Balaban J connectivity index is 1.37. The molecule has 0 fully saturated rings. The number of ether oxygens (including phenoxy) is 2. The fraction of sp³-hybridized carbons (Fsp3) is 0.150. The third-order valence-electron chi connectivity index (χ3n) is 8.66. The molecule has 53 heavy (non-hydrogen) atoms. The maximum Gasteiger partial charge on any atom is 0.338 e. The lowest BCUT2D eigenvalue weighted by atomic mass is 9.96. The minimum Gasteiger partial charge on any atom is -0.487 e. The quantitative estimate of drug-likeness (QED) is 0.0609. The predicted molar refractivity (Wildman–Crippen MR) is 205 cm³/mol. The molecule has 0 aliphatic carbocycles. The second-order valence-electron chi connectivity index (χ2n) is 12.0. The van der Waals surface area contributed by atoms with Crippen LogP contribution < -0.4 is 19.6 Å². The monoisotopic (exact) mass is 743 g/mol. The van der Waals surface area contributed by atoms with E-state index < -0.39 is 16.9 Å². The number of rotatable bonds is 11. The molecule has 13 heteroatoms. The molecule has 3 heterocycles. The normalized spacial score (nSPS) is 14.1. The summed E-state index contributed by atoms with van der Waals surface area (Å²) in [4.78, 5) is 46.1. The number of fused-ring (bicyclic) bond motifs is 1. The number of nitrogens with zero attached hydrogens (tertiary/aromatic N) is 5. The Kier molecular flexibility index (Phi) is 10.2. The van der Waals surface area contributed by atoms with E-state index in [9.17, 15) is 19.7 Å². The van der Waals surface area contributed by atoms with E-state index in [1.165, 1.54) is 17.4 Å². The Labute approximate surface area is 312 Å². The van der Waals surface area contributed by atoms with Crippen LogP contribution in [0.15, 0.2) is 135 Å². The number of allylic oxidation sites excluding steroid dienone is 1. The number of para-hydroxylation sites is 1. The van der Waals surface area contributed by atoms with Crippen molar-refractivity contribution >= 4 is 40.8 Å². The number of thiazole rings is 1. The maximum atomic E-state index is 14.5. The van der Waals surface area contributed by atoms with E-state index >= 15 is 0 Å². The zero-order valence-electron chi connectivity index (χ0n) is 29.0. The first-order valence-corrected chi connectivity index (χ1v) is 18.7. The molecule has 2 aromatic heterocycles. The smallest absolute Gasteiger partial charge is 0.338 e. The van der Waals surface area contributed by atoms with Crippen molar-refractivity contribution in [2.24, 2.45) is 4.99 Å². The second kappa shape index (κ2) is 15.3. The first kappa shape index (κ1) is 35.4. The number of esters is 1. The number of benzene rings is 4. The largest absolute Gasteiger partial charge is 0.487 e. The Hall–Kier alpha value is -6.05. The summed E-state index contributed by atoms with van der Waals surface area (Å²) < 4.78 is 14.9. The van der Waals surface area contributed by atoms with Crippen molar-refractivity contribution in [1.82, 2.24) is 14.3 Å². The van der Waals surface area contributed by atoms with E-state index in [4.69, 9.17) is 19.6 Å². The molecular formula is C40H33N5O6S2. The third-order valence-corrected chi connectivity index (χ3v) is 10.4. The van der Waals surface area contributed by atoms with E-state index in [1.807, 2.05) is 91.2 Å². The molecule has 0 radical (unpaired) electrons. The number of hydrogen-bond donors (Lipinski definition) is 0. The SMILES string of the molecule is CCOc1ccc(-c2nn(-c3ccccc3)cc2C=c2sc3n(c2=O)C(c2ccc(SC)cc2)C(C(=O)OCc2ccccc2)=C(C)N=3)cc1[N+](=O)[O-]. The highest BCUT2D eigenvalue weighted by atomic mass is 32.2. The molecule has 1 atom stereocenters. The van der Waals surface area contributed by atoms with Gasteiger partial charge in [-0.1, -0.05) is 72.0 Å². The molecular weight excluding hydrogens is 711 g/mol. The van der Waals surface area contributed by atoms with Crippen LogP contribution in [0.4, 0.5) is 5.69 Å². The van der Waals surface area contributed by atoms with Gasteiger partial charge in [0.05, 0.1) is 39.1 Å². The van der Waals surface area contributed by atoms with Gasteiger partial charge in [-0.25, -0.2) is 14.5 Å². The van der Waals surface area contributed by atoms with Gasteiger partial charge in [-0.15, -0.1) is 11.8 Å². The first-order valence-electron chi connectivity index (χ1n) is 16.7. The Morgan fingerprint density at radius 2 is 1.74 bits per heavy atom. The van der Waals surface area contributed by atoms with Crippen molar-refractivity contribution < 1.29 is 19.2 Å². The van der Waals surface area contributed by atoms with Gasteiger partial charge in [-0.2, -0.15) is 5.10 Å². The fourth-order valence-electron chi connectivity index (χ4n) is 6.14. The van der Waals surface area contributed by atoms with Gasteiger partial charge >= 0.3 is 11.7 Å². The lowest BCUT2D eigenvalue weighted by Crippen LogP contribution is -2.39. The minimum absolute atomic E-state index is 0.0664. The molecule has 0 N–H and O–H groups in total. The van der Waals surface area contributed by atoms with Gasteiger partial charge in [0.2, 0.25) is 0 Å². The highest BCUT2D eigenvalue weighted by Gasteiger charge is 2.33. The van der Waals surface area contributed by atoms with Crippen LogP contribution in [0.25, 0.3) is 23.0 Å². The number of nitro benzene ring substituents is 1. The number of aromatic nitrogens is 3. The second-order valence-corrected chi connectivity index (χ2v) is 13.9. The summed E-state index contributed by atoms with van der Waals surface area (Å²) in [6, 6.07) is 30.5. The van der Waals surface area contributed by atoms with Crippen molar-refractivity contribution in [3.8, 4) is 22.7 Å². The molecule has 7 rings (SSSR count). The van der Waals surface area contributed by atoms with Crippen molar-refractivity contribution in [3.63, 3.8) is 0 Å². The van der Waals surface area contributed by atoms with Gasteiger partial charge in [-0.3, -0.25) is 19.5 Å². The van der Waals surface area contributed by atoms with Gasteiger partial charge in [0.25, 0.3) is 5.56 Å². The number of thioether (sulfide) groups is 1. The average Bonchev–Trinajstić information content (AvgIpc) is 3.74. The Morgan fingerprint density at radius 3 is 2.42 bits per heavy atom. The van der Waals surface area contributed by atoms with Crippen LogP contribution in [0.5, 0.6) is 5.75 Å². The van der Waals surface area contributed by atoms with Gasteiger partial charge in [0.1, 0.15) is 12.3 Å². The number of carbonyl (C=O) groups excluding carboxylic acids is 1. The van der Waals surface area contributed by atoms with Crippen LogP contribution in [-0.2, 0) is 16.1 Å². The predicted octanol–water partition coefficient (Wildman–Crippen LogP) is 6.86. The molecule has 0 saturated heterocycles. The molecule has 0 spiro atoms. The van der Waals surface area contributed by atoms with Crippen LogP contribution in [0.2, 0.25) is 0 Å². The van der Waals surface area contributed by atoms with E-state index in [0.29, 0.717) is 31.9 Å². The summed E-state index contributed by atoms with van der Waals surface area (Å²) in [6.07, 6.45) is 5.48. The molecule has 1 aliphatic heterocycles. The Morgan fingerprint density at radius 1 is 1.02 bits per heavy atom. The molecule has 1 aliphatic rings. The third kappa shape index (κ3) is 7.21. The molecule has 0 amide bonds. The van der Waals surface area contributed by atoms with E-state index in [1.54, 1.807) is 59.3 Å². The topological polar surface area (TPSA) is 131 Å². The van der Waals surface area contributed by atoms with Crippen LogP contribution in [0.3, 0.4) is 0 Å². The molecule has 4 aromatic carbocycles. The maximum absolute atomic E-state index is 14.5. The van der Waals surface area contributed by atoms with Crippen molar-refractivity contribution in [1.29, 1.82) is 0 Å². The van der Waals surface area contributed by atoms with Crippen LogP contribution in [-0.4, -0.2) is 38.1 Å². The minimum atomic E-state index is -0.798. The highest BCUT2D eigenvalue weighted by Crippen LogP contribution is 2.35. The standard InChI is InChI=1S/C40H33N5O6S2/c1-4-50-33-20-17-28(21-32(33)45(48)49)36-29(23-43(42-36)30-13-9-6-10-14-30)22-34-38(46)44-37(27-15-18-31(52-3)19-16-27)35(25(2)41-40(44)53-34)39(47)51-24-26-11-7-5-8-12-26/h5-23,37H,4,24H2,1-3H3. The van der Waals surface area contributed by atoms with Crippen LogP contribution >= 0.6 is 23.1 Å². The summed E-state index contributed by atoms with van der Waals surface area (Å²) in [5.41, 5.74) is 3.96. The van der Waals surface area contributed by atoms with Gasteiger partial charge in [0, 0.05) is 28.3 Å². The molecule has 11 nitrogen and oxygen atoms in total. The first-order chi connectivity index (χ1) is 25.7. The number of hydrogen-bond acceptors (Lipinski definition) is 10. The van der Waals surface area contributed by atoms with Crippen molar-refractivity contribution in [3.05, 3.63) is 167 Å². The van der Waals surface area contributed by atoms with Crippen LogP contribution in [0, 0.1) is 10.1 Å². The summed E-state index contributed by atoms with van der Waals surface area (Å²) in [6.45, 7) is 3.84. The zero-order chi connectivity index (χ0) is 37.1. The zero-order valence-corrected chi connectivity index (χ0v) is 30.6. The summed E-state index contributed by atoms with van der Waals surface area (Å²) in [5.74, 6) is -0.413. The molecule has 266 valence electrons. The van der Waals surface area contributed by atoms with Gasteiger partial charge in [-0.05, 0) is 73.7 Å². The number of nitro groups is 1. The van der Waals surface area contributed by atoms with E-state index in [2.05, 4.69) is 0 Å². The molecule has 0 saturated carbocycles. The Bertz CT molecular complexity index is 2540. The molecule has 0 bridgehead atoms. The number of carbonyl (C=O) groups is 1. The molecule has 6 aromatic rings. The van der Waals surface area contributed by atoms with Gasteiger partial charge < -0.3 is 9.47 Å². The van der Waals surface area contributed by atoms with Crippen molar-refractivity contribution in [2.45, 2.75) is 31.4 Å². The lowest BCUT2D eigenvalue weighted by molar-refractivity contribution is -0.385. The van der Waals surface area contributed by atoms with Crippen LogP contribution in [0.1, 0.15) is 36.6 Å². The molecule has 1 unspecified atom stereocenters.